The van der Waals surface area contributed by atoms with Crippen molar-refractivity contribution >= 4 is 11.9 Å². The van der Waals surface area contributed by atoms with Crippen molar-refractivity contribution in [3.63, 3.8) is 0 Å². The van der Waals surface area contributed by atoms with Crippen LogP contribution in [0, 0.1) is 6.92 Å². The molecule has 1 aromatic carbocycles. The maximum absolute atomic E-state index is 11.7. The number of amides is 1. The lowest BCUT2D eigenvalue weighted by molar-refractivity contribution is -0.138. The minimum absolute atomic E-state index is 0.142. The number of carbonyl (C=O) groups excluding carboxylic acids is 2. The van der Waals surface area contributed by atoms with Gasteiger partial charge in [-0.2, -0.15) is 0 Å². The van der Waals surface area contributed by atoms with E-state index in [2.05, 4.69) is 11.9 Å². The number of esters is 1. The molecule has 0 aliphatic carbocycles. The van der Waals surface area contributed by atoms with Gasteiger partial charge in [0.15, 0.2) is 0 Å². The highest BCUT2D eigenvalue weighted by Crippen LogP contribution is 2.02. The first-order valence-corrected chi connectivity index (χ1v) is 5.68. The highest BCUT2D eigenvalue weighted by atomic mass is 16.5. The minimum atomic E-state index is -0.445. The van der Waals surface area contributed by atoms with Crippen LogP contribution in [0.5, 0.6) is 0 Å². The van der Waals surface area contributed by atoms with E-state index in [1.165, 1.54) is 0 Å². The fourth-order valence-electron chi connectivity index (χ4n) is 1.24. The van der Waals surface area contributed by atoms with Gasteiger partial charge in [-0.25, -0.2) is 4.79 Å². The molecule has 0 aliphatic rings. The molecule has 0 heterocycles. The summed E-state index contributed by atoms with van der Waals surface area (Å²) in [7, 11) is 0. The molecule has 0 saturated carbocycles. The van der Waals surface area contributed by atoms with Crippen LogP contribution in [0.3, 0.4) is 0 Å². The van der Waals surface area contributed by atoms with E-state index in [-0.39, 0.29) is 19.1 Å². The molecule has 1 N–H and O–H groups in total. The Labute approximate surface area is 107 Å². The maximum Gasteiger partial charge on any atom is 0.333 e. The summed E-state index contributed by atoms with van der Waals surface area (Å²) in [4.78, 5) is 22.7. The third-order valence-electron chi connectivity index (χ3n) is 2.28. The van der Waals surface area contributed by atoms with Crippen molar-refractivity contribution < 1.29 is 14.3 Å². The largest absolute Gasteiger partial charge is 0.460 e. The summed E-state index contributed by atoms with van der Waals surface area (Å²) < 4.78 is 4.86. The number of nitrogens with one attached hydrogen (secondary N) is 1. The van der Waals surface area contributed by atoms with E-state index in [1.54, 1.807) is 19.1 Å². The smallest absolute Gasteiger partial charge is 0.333 e. The highest BCUT2D eigenvalue weighted by molar-refractivity contribution is 5.94. The molecule has 96 valence electrons. The molecule has 18 heavy (non-hydrogen) atoms. The second kappa shape index (κ2) is 6.59. The summed E-state index contributed by atoms with van der Waals surface area (Å²) in [5, 5.41) is 2.67. The normalized spacial score (nSPS) is 9.67. The van der Waals surface area contributed by atoms with E-state index < -0.39 is 5.97 Å². The predicted octanol–water partition coefficient (Wildman–Crippen LogP) is 1.84. The predicted molar refractivity (Wildman–Crippen MR) is 69.3 cm³/mol. The third kappa shape index (κ3) is 4.41. The number of aryl methyl sites for hydroxylation is 1. The van der Waals surface area contributed by atoms with Crippen LogP contribution in [-0.2, 0) is 9.53 Å². The summed E-state index contributed by atoms with van der Waals surface area (Å²) in [6.07, 6.45) is 0. The second-order valence-corrected chi connectivity index (χ2v) is 4.04. The van der Waals surface area contributed by atoms with Crippen LogP contribution >= 0.6 is 0 Å². The van der Waals surface area contributed by atoms with Gasteiger partial charge >= 0.3 is 5.97 Å². The van der Waals surface area contributed by atoms with E-state index in [9.17, 15) is 9.59 Å². The van der Waals surface area contributed by atoms with E-state index in [1.807, 2.05) is 19.1 Å². The molecule has 0 spiro atoms. The van der Waals surface area contributed by atoms with Crippen molar-refractivity contribution in [2.45, 2.75) is 13.8 Å². The Bertz CT molecular complexity index is 449. The Morgan fingerprint density at radius 2 is 1.89 bits per heavy atom. The number of carbonyl (C=O) groups is 2. The maximum atomic E-state index is 11.7. The Kier molecular flexibility index (Phi) is 5.11. The molecular weight excluding hydrogens is 230 g/mol. The molecule has 1 rings (SSSR count). The van der Waals surface area contributed by atoms with Gasteiger partial charge in [0, 0.05) is 11.1 Å². The molecule has 0 unspecified atom stereocenters. The average Bonchev–Trinajstić information content (AvgIpc) is 2.34. The van der Waals surface area contributed by atoms with Gasteiger partial charge in [0.2, 0.25) is 0 Å². The monoisotopic (exact) mass is 247 g/mol. The molecule has 0 bridgehead atoms. The molecule has 0 aliphatic heterocycles. The van der Waals surface area contributed by atoms with Crippen LogP contribution in [0.15, 0.2) is 36.4 Å². The summed E-state index contributed by atoms with van der Waals surface area (Å²) in [6, 6.07) is 7.25. The van der Waals surface area contributed by atoms with Crippen LogP contribution in [0.25, 0.3) is 0 Å². The highest BCUT2D eigenvalue weighted by Gasteiger charge is 2.05. The first-order valence-electron chi connectivity index (χ1n) is 5.68. The molecule has 4 nitrogen and oxygen atoms in total. The number of ether oxygens (including phenoxy) is 1. The molecule has 0 radical (unpaired) electrons. The molecule has 0 atom stereocenters. The molecule has 0 fully saturated rings. The molecule has 0 aromatic heterocycles. The van der Waals surface area contributed by atoms with Crippen LogP contribution in [0.4, 0.5) is 0 Å². The van der Waals surface area contributed by atoms with E-state index in [0.29, 0.717) is 11.1 Å². The van der Waals surface area contributed by atoms with Gasteiger partial charge < -0.3 is 10.1 Å². The van der Waals surface area contributed by atoms with Gasteiger partial charge in [0.1, 0.15) is 6.61 Å². The summed E-state index contributed by atoms with van der Waals surface area (Å²) in [6.45, 7) is 7.42. The molecule has 1 amide bonds. The molecule has 0 saturated heterocycles. The van der Waals surface area contributed by atoms with Crippen molar-refractivity contribution in [1.82, 2.24) is 5.32 Å². The van der Waals surface area contributed by atoms with E-state index in [4.69, 9.17) is 4.74 Å². The lowest BCUT2D eigenvalue weighted by Crippen LogP contribution is -2.28. The SMILES string of the molecule is C=C(C)C(=O)OCCNC(=O)c1ccc(C)cc1. The summed E-state index contributed by atoms with van der Waals surface area (Å²) >= 11 is 0. The van der Waals surface area contributed by atoms with Crippen LogP contribution < -0.4 is 5.32 Å². The van der Waals surface area contributed by atoms with Gasteiger partial charge in [0.25, 0.3) is 5.91 Å². The Morgan fingerprint density at radius 3 is 2.44 bits per heavy atom. The summed E-state index contributed by atoms with van der Waals surface area (Å²) in [5.74, 6) is -0.624. The average molecular weight is 247 g/mol. The van der Waals surface area contributed by atoms with Crippen molar-refractivity contribution in [2.24, 2.45) is 0 Å². The summed E-state index contributed by atoms with van der Waals surface area (Å²) in [5.41, 5.74) is 2.04. The van der Waals surface area contributed by atoms with Gasteiger partial charge in [-0.3, -0.25) is 4.79 Å². The standard InChI is InChI=1S/C14H17NO3/c1-10(2)14(17)18-9-8-15-13(16)12-6-4-11(3)5-7-12/h4-7H,1,8-9H2,2-3H3,(H,15,16). The quantitative estimate of drug-likeness (QED) is 0.491. The number of hydrogen-bond donors (Lipinski definition) is 1. The van der Waals surface area contributed by atoms with Crippen LogP contribution in [0.2, 0.25) is 0 Å². The Hall–Kier alpha value is -2.10. The number of benzene rings is 1. The van der Waals surface area contributed by atoms with Crippen molar-refractivity contribution in [3.8, 4) is 0 Å². The minimum Gasteiger partial charge on any atom is -0.460 e. The Morgan fingerprint density at radius 1 is 1.28 bits per heavy atom. The fourth-order valence-corrected chi connectivity index (χ4v) is 1.24. The number of rotatable bonds is 5. The zero-order chi connectivity index (χ0) is 13.5. The third-order valence-corrected chi connectivity index (χ3v) is 2.28. The van der Waals surface area contributed by atoms with Gasteiger partial charge in [-0.05, 0) is 26.0 Å². The van der Waals surface area contributed by atoms with E-state index in [0.717, 1.165) is 5.56 Å². The van der Waals surface area contributed by atoms with E-state index >= 15 is 0 Å². The molecule has 1 aromatic rings. The first kappa shape index (κ1) is 14.0. The van der Waals surface area contributed by atoms with Crippen LogP contribution in [0.1, 0.15) is 22.8 Å². The second-order valence-electron chi connectivity index (χ2n) is 4.04. The lowest BCUT2D eigenvalue weighted by atomic mass is 10.1. The molecule has 4 heteroatoms. The zero-order valence-electron chi connectivity index (χ0n) is 10.7. The van der Waals surface area contributed by atoms with Crippen molar-refractivity contribution in [3.05, 3.63) is 47.5 Å². The number of hydrogen-bond acceptors (Lipinski definition) is 3. The van der Waals surface area contributed by atoms with Crippen molar-refractivity contribution in [2.75, 3.05) is 13.2 Å². The first-order chi connectivity index (χ1) is 8.50. The molecular formula is C14H17NO3. The zero-order valence-corrected chi connectivity index (χ0v) is 10.7. The topological polar surface area (TPSA) is 55.4 Å². The van der Waals surface area contributed by atoms with Gasteiger partial charge in [-0.1, -0.05) is 24.3 Å². The van der Waals surface area contributed by atoms with Crippen molar-refractivity contribution in [1.29, 1.82) is 0 Å². The van der Waals surface area contributed by atoms with Gasteiger partial charge in [0.05, 0.1) is 6.54 Å². The van der Waals surface area contributed by atoms with Gasteiger partial charge in [-0.15, -0.1) is 0 Å². The lowest BCUT2D eigenvalue weighted by Gasteiger charge is -2.06. The van der Waals surface area contributed by atoms with Crippen LogP contribution in [-0.4, -0.2) is 25.0 Å². The Balaban J connectivity index is 2.32. The fraction of sp³-hybridized carbons (Fsp3) is 0.286.